The Bertz CT molecular complexity index is 601. The second kappa shape index (κ2) is 7.36. The van der Waals surface area contributed by atoms with Crippen LogP contribution in [0.3, 0.4) is 0 Å². The number of aliphatic carboxylic acids is 1. The van der Waals surface area contributed by atoms with E-state index in [0.717, 1.165) is 37.8 Å². The molecule has 1 aromatic rings. The maximum Gasteiger partial charge on any atom is 0.308 e. The molecular weight excluding hydrogens is 306 g/mol. The molecule has 1 amide bonds. The van der Waals surface area contributed by atoms with Crippen LogP contribution in [0.5, 0.6) is 0 Å². The molecule has 2 N–H and O–H groups in total. The summed E-state index contributed by atoms with van der Waals surface area (Å²) in [6.07, 6.45) is 6.95. The molecule has 0 bridgehead atoms. The molecule has 1 saturated carbocycles. The number of carboxylic acid groups (broad SMARTS) is 1. The minimum absolute atomic E-state index is 0.202. The monoisotopic (exact) mass is 335 g/mol. The van der Waals surface area contributed by atoms with Gasteiger partial charge in [0.1, 0.15) is 0 Å². The lowest BCUT2D eigenvalue weighted by Crippen LogP contribution is -2.44. The van der Waals surface area contributed by atoms with Crippen LogP contribution in [0.25, 0.3) is 0 Å². The van der Waals surface area contributed by atoms with E-state index >= 15 is 0 Å². The molecule has 0 aliphatic heterocycles. The SMILES string of the molecule is Cc1c(C(=O)NC2CCCCCCC2C(=O)O)cnn1C(C)(C)C. The van der Waals surface area contributed by atoms with E-state index in [4.69, 9.17) is 0 Å². The summed E-state index contributed by atoms with van der Waals surface area (Å²) >= 11 is 0. The number of aromatic nitrogens is 2. The lowest BCUT2D eigenvalue weighted by atomic mass is 9.86. The standard InChI is InChI=1S/C18H29N3O3/c1-12-14(11-19-21(12)18(2,3)4)16(22)20-15-10-8-6-5-7-9-13(15)17(23)24/h11,13,15H,5-10H2,1-4H3,(H,20,22)(H,23,24). The van der Waals surface area contributed by atoms with Crippen molar-refractivity contribution in [1.29, 1.82) is 0 Å². The third-order valence-electron chi connectivity index (χ3n) is 4.79. The van der Waals surface area contributed by atoms with Gasteiger partial charge in [-0.3, -0.25) is 14.3 Å². The average molecular weight is 335 g/mol. The van der Waals surface area contributed by atoms with E-state index in [2.05, 4.69) is 10.4 Å². The van der Waals surface area contributed by atoms with Gasteiger partial charge in [-0.2, -0.15) is 5.10 Å². The summed E-state index contributed by atoms with van der Waals surface area (Å²) < 4.78 is 1.83. The number of hydrogen-bond donors (Lipinski definition) is 2. The Morgan fingerprint density at radius 3 is 2.38 bits per heavy atom. The number of nitrogens with one attached hydrogen (secondary N) is 1. The van der Waals surface area contributed by atoms with Gasteiger partial charge in [0.25, 0.3) is 5.91 Å². The summed E-state index contributed by atoms with van der Waals surface area (Å²) in [4.78, 5) is 24.3. The largest absolute Gasteiger partial charge is 0.481 e. The third-order valence-corrected chi connectivity index (χ3v) is 4.79. The number of rotatable bonds is 3. The molecule has 0 saturated heterocycles. The highest BCUT2D eigenvalue weighted by atomic mass is 16.4. The molecule has 1 aliphatic carbocycles. The molecule has 24 heavy (non-hydrogen) atoms. The first-order valence-electron chi connectivity index (χ1n) is 8.80. The number of carbonyl (C=O) groups excluding carboxylic acids is 1. The van der Waals surface area contributed by atoms with Crippen molar-refractivity contribution in [2.24, 2.45) is 5.92 Å². The van der Waals surface area contributed by atoms with Crippen LogP contribution in [0.15, 0.2) is 6.20 Å². The van der Waals surface area contributed by atoms with Crippen molar-refractivity contribution < 1.29 is 14.7 Å². The number of carbonyl (C=O) groups is 2. The predicted octanol–water partition coefficient (Wildman–Crippen LogP) is 3.10. The minimum atomic E-state index is -0.815. The molecule has 0 radical (unpaired) electrons. The van der Waals surface area contributed by atoms with Gasteiger partial charge in [0, 0.05) is 11.7 Å². The van der Waals surface area contributed by atoms with Gasteiger partial charge >= 0.3 is 5.97 Å². The molecule has 2 atom stereocenters. The Morgan fingerprint density at radius 1 is 1.21 bits per heavy atom. The van der Waals surface area contributed by atoms with Crippen LogP contribution in [0, 0.1) is 12.8 Å². The predicted molar refractivity (Wildman–Crippen MR) is 92.0 cm³/mol. The topological polar surface area (TPSA) is 84.2 Å². The van der Waals surface area contributed by atoms with E-state index in [-0.39, 0.29) is 17.5 Å². The van der Waals surface area contributed by atoms with Crippen molar-refractivity contribution in [3.63, 3.8) is 0 Å². The Balaban J connectivity index is 2.17. The van der Waals surface area contributed by atoms with Crippen LogP contribution in [0.2, 0.25) is 0 Å². The van der Waals surface area contributed by atoms with E-state index < -0.39 is 11.9 Å². The summed E-state index contributed by atoms with van der Waals surface area (Å²) in [6.45, 7) is 7.97. The van der Waals surface area contributed by atoms with Crippen molar-refractivity contribution in [2.45, 2.75) is 77.8 Å². The Labute approximate surface area is 143 Å². The molecule has 2 unspecified atom stereocenters. The number of hydrogen-bond acceptors (Lipinski definition) is 3. The van der Waals surface area contributed by atoms with Crippen molar-refractivity contribution in [1.82, 2.24) is 15.1 Å². The molecule has 1 heterocycles. The fourth-order valence-corrected chi connectivity index (χ4v) is 3.51. The van der Waals surface area contributed by atoms with Crippen molar-refractivity contribution >= 4 is 11.9 Å². The smallest absolute Gasteiger partial charge is 0.308 e. The zero-order valence-corrected chi connectivity index (χ0v) is 15.1. The van der Waals surface area contributed by atoms with E-state index in [0.29, 0.717) is 12.0 Å². The van der Waals surface area contributed by atoms with Crippen LogP contribution in [0.1, 0.15) is 75.3 Å². The van der Waals surface area contributed by atoms with Crippen LogP contribution < -0.4 is 5.32 Å². The van der Waals surface area contributed by atoms with Crippen molar-refractivity contribution in [3.8, 4) is 0 Å². The van der Waals surface area contributed by atoms with Crippen molar-refractivity contribution in [3.05, 3.63) is 17.5 Å². The quantitative estimate of drug-likeness (QED) is 0.889. The Morgan fingerprint density at radius 2 is 1.83 bits per heavy atom. The summed E-state index contributed by atoms with van der Waals surface area (Å²) in [5, 5.41) is 16.8. The van der Waals surface area contributed by atoms with E-state index in [9.17, 15) is 14.7 Å². The number of carboxylic acids is 1. The van der Waals surface area contributed by atoms with Gasteiger partial charge in [0.2, 0.25) is 0 Å². The highest BCUT2D eigenvalue weighted by Gasteiger charge is 2.31. The van der Waals surface area contributed by atoms with Gasteiger partial charge in [-0.15, -0.1) is 0 Å². The fraction of sp³-hybridized carbons (Fsp3) is 0.722. The maximum absolute atomic E-state index is 12.7. The fourth-order valence-electron chi connectivity index (χ4n) is 3.51. The normalized spacial score (nSPS) is 22.5. The van der Waals surface area contributed by atoms with Gasteiger partial charge in [0.15, 0.2) is 0 Å². The second-order valence-corrected chi connectivity index (χ2v) is 7.74. The molecule has 134 valence electrons. The van der Waals surface area contributed by atoms with Crippen LogP contribution in [-0.2, 0) is 10.3 Å². The zero-order chi connectivity index (χ0) is 17.9. The van der Waals surface area contributed by atoms with Gasteiger partial charge in [0.05, 0.1) is 23.2 Å². The van der Waals surface area contributed by atoms with E-state index in [1.165, 1.54) is 0 Å². The molecule has 1 aliphatic rings. The lowest BCUT2D eigenvalue weighted by molar-refractivity contribution is -0.143. The van der Waals surface area contributed by atoms with Gasteiger partial charge in [-0.1, -0.05) is 25.7 Å². The van der Waals surface area contributed by atoms with Crippen molar-refractivity contribution in [2.75, 3.05) is 0 Å². The summed E-state index contributed by atoms with van der Waals surface area (Å²) in [7, 11) is 0. The van der Waals surface area contributed by atoms with Gasteiger partial charge < -0.3 is 10.4 Å². The minimum Gasteiger partial charge on any atom is -0.481 e. The van der Waals surface area contributed by atoms with E-state index in [1.54, 1.807) is 6.20 Å². The van der Waals surface area contributed by atoms with Gasteiger partial charge in [-0.05, 0) is 40.5 Å². The lowest BCUT2D eigenvalue weighted by Gasteiger charge is -2.27. The van der Waals surface area contributed by atoms with Crippen LogP contribution in [-0.4, -0.2) is 32.8 Å². The summed E-state index contributed by atoms with van der Waals surface area (Å²) in [6, 6.07) is -0.312. The number of nitrogens with zero attached hydrogens (tertiary/aromatic N) is 2. The molecule has 6 heteroatoms. The highest BCUT2D eigenvalue weighted by Crippen LogP contribution is 2.24. The maximum atomic E-state index is 12.7. The highest BCUT2D eigenvalue weighted by molar-refractivity contribution is 5.95. The molecule has 6 nitrogen and oxygen atoms in total. The molecule has 0 aromatic carbocycles. The van der Waals surface area contributed by atoms with E-state index in [1.807, 2.05) is 32.4 Å². The van der Waals surface area contributed by atoms with Crippen LogP contribution in [0.4, 0.5) is 0 Å². The Hall–Kier alpha value is -1.85. The number of amides is 1. The molecule has 1 aromatic heterocycles. The second-order valence-electron chi connectivity index (χ2n) is 7.74. The summed E-state index contributed by atoms with van der Waals surface area (Å²) in [5.74, 6) is -1.55. The summed E-state index contributed by atoms with van der Waals surface area (Å²) in [5.41, 5.74) is 1.13. The van der Waals surface area contributed by atoms with Gasteiger partial charge in [-0.25, -0.2) is 0 Å². The Kier molecular flexibility index (Phi) is 5.67. The first kappa shape index (κ1) is 18.5. The first-order valence-corrected chi connectivity index (χ1v) is 8.80. The molecular formula is C18H29N3O3. The molecule has 0 spiro atoms. The molecule has 1 fully saturated rings. The molecule has 2 rings (SSSR count). The van der Waals surface area contributed by atoms with Crippen LogP contribution >= 0.6 is 0 Å². The third kappa shape index (κ3) is 4.16. The average Bonchev–Trinajstić information content (AvgIpc) is 2.83. The first-order chi connectivity index (χ1) is 11.2. The zero-order valence-electron chi connectivity index (χ0n) is 15.1.